The van der Waals surface area contributed by atoms with Crippen molar-refractivity contribution in [2.75, 3.05) is 18.2 Å². The Morgan fingerprint density at radius 1 is 1.33 bits per heavy atom. The molecule has 0 radical (unpaired) electrons. The zero-order valence-corrected chi connectivity index (χ0v) is 12.8. The topological polar surface area (TPSA) is 38.3 Å². The highest BCUT2D eigenvalue weighted by Crippen LogP contribution is 2.25. The molecule has 0 aromatic heterocycles. The summed E-state index contributed by atoms with van der Waals surface area (Å²) in [6.45, 7) is 0. The fourth-order valence-electron chi connectivity index (χ4n) is 1.62. The minimum Gasteiger partial charge on any atom is -0.497 e. The van der Waals surface area contributed by atoms with Crippen LogP contribution in [0.4, 0.5) is 10.1 Å². The van der Waals surface area contributed by atoms with E-state index in [1.54, 1.807) is 7.11 Å². The van der Waals surface area contributed by atoms with E-state index in [1.165, 1.54) is 23.9 Å². The largest absolute Gasteiger partial charge is 0.497 e. The maximum absolute atomic E-state index is 12.9. The Hall–Kier alpha value is -1.72. The van der Waals surface area contributed by atoms with Gasteiger partial charge in [0.05, 0.1) is 23.6 Å². The summed E-state index contributed by atoms with van der Waals surface area (Å²) < 4.78 is 18.0. The highest BCUT2D eigenvalue weighted by atomic mass is 35.5. The van der Waals surface area contributed by atoms with Crippen molar-refractivity contribution < 1.29 is 13.9 Å². The van der Waals surface area contributed by atoms with Crippen LogP contribution in [-0.2, 0) is 4.79 Å². The number of methoxy groups -OCH3 is 1. The van der Waals surface area contributed by atoms with Crippen LogP contribution in [0, 0.1) is 5.82 Å². The van der Waals surface area contributed by atoms with E-state index in [0.29, 0.717) is 5.69 Å². The molecule has 0 spiro atoms. The first-order valence-corrected chi connectivity index (χ1v) is 7.46. The molecule has 0 aliphatic rings. The summed E-state index contributed by atoms with van der Waals surface area (Å²) in [7, 11) is 1.59. The lowest BCUT2D eigenvalue weighted by molar-refractivity contribution is -0.113. The molecular weight excluding hydrogens is 313 g/mol. The lowest BCUT2D eigenvalue weighted by Crippen LogP contribution is -2.14. The van der Waals surface area contributed by atoms with Gasteiger partial charge >= 0.3 is 0 Å². The van der Waals surface area contributed by atoms with Gasteiger partial charge < -0.3 is 10.1 Å². The second-order valence-electron chi connectivity index (χ2n) is 4.14. The Balaban J connectivity index is 1.92. The van der Waals surface area contributed by atoms with Crippen molar-refractivity contribution in [2.45, 2.75) is 4.90 Å². The van der Waals surface area contributed by atoms with E-state index in [4.69, 9.17) is 16.3 Å². The van der Waals surface area contributed by atoms with Crippen LogP contribution in [0.5, 0.6) is 5.75 Å². The third-order valence-corrected chi connectivity index (χ3v) is 3.92. The summed E-state index contributed by atoms with van der Waals surface area (Å²) in [4.78, 5) is 12.8. The van der Waals surface area contributed by atoms with Crippen LogP contribution in [0.3, 0.4) is 0 Å². The van der Waals surface area contributed by atoms with Gasteiger partial charge in [-0.2, -0.15) is 0 Å². The van der Waals surface area contributed by atoms with E-state index in [2.05, 4.69) is 5.32 Å². The number of hydrogen-bond acceptors (Lipinski definition) is 3. The summed E-state index contributed by atoms with van der Waals surface area (Å²) in [5.74, 6) is 0.308. The molecule has 0 saturated carbocycles. The number of amides is 1. The van der Waals surface area contributed by atoms with E-state index < -0.39 is 5.82 Å². The van der Waals surface area contributed by atoms with Crippen LogP contribution in [-0.4, -0.2) is 18.8 Å². The zero-order chi connectivity index (χ0) is 15.2. The van der Waals surface area contributed by atoms with Gasteiger partial charge in [0.25, 0.3) is 0 Å². The van der Waals surface area contributed by atoms with Gasteiger partial charge in [0, 0.05) is 4.90 Å². The molecule has 6 heteroatoms. The van der Waals surface area contributed by atoms with Crippen molar-refractivity contribution in [3.8, 4) is 5.75 Å². The number of thioether (sulfide) groups is 1. The third kappa shape index (κ3) is 4.65. The predicted octanol–water partition coefficient (Wildman–Crippen LogP) is 4.22. The molecule has 0 bridgehead atoms. The molecule has 2 aromatic carbocycles. The van der Waals surface area contributed by atoms with Crippen molar-refractivity contribution in [3.05, 3.63) is 53.3 Å². The molecule has 0 heterocycles. The van der Waals surface area contributed by atoms with Gasteiger partial charge in [-0.15, -0.1) is 11.8 Å². The summed E-state index contributed by atoms with van der Waals surface area (Å²) in [5.41, 5.74) is 0.398. The van der Waals surface area contributed by atoms with Crippen molar-refractivity contribution in [2.24, 2.45) is 0 Å². The number of anilines is 1. The number of halogens is 2. The molecule has 1 N–H and O–H groups in total. The number of hydrogen-bond donors (Lipinski definition) is 1. The Morgan fingerprint density at radius 3 is 2.86 bits per heavy atom. The third-order valence-electron chi connectivity index (χ3n) is 2.62. The fourth-order valence-corrected chi connectivity index (χ4v) is 2.58. The predicted molar refractivity (Wildman–Crippen MR) is 83.8 cm³/mol. The molecule has 0 aliphatic carbocycles. The van der Waals surface area contributed by atoms with Gasteiger partial charge in [0.15, 0.2) is 0 Å². The Kier molecular flexibility index (Phi) is 5.47. The first-order valence-electron chi connectivity index (χ1n) is 6.10. The second kappa shape index (κ2) is 7.33. The number of nitrogens with one attached hydrogen (secondary N) is 1. The molecule has 2 rings (SSSR count). The van der Waals surface area contributed by atoms with Gasteiger partial charge in [0.1, 0.15) is 11.6 Å². The van der Waals surface area contributed by atoms with Crippen LogP contribution >= 0.6 is 23.4 Å². The molecule has 1 amide bonds. The highest BCUT2D eigenvalue weighted by Gasteiger charge is 2.08. The second-order valence-corrected chi connectivity index (χ2v) is 5.60. The number of rotatable bonds is 5. The van der Waals surface area contributed by atoms with Gasteiger partial charge in [0.2, 0.25) is 5.91 Å². The Morgan fingerprint density at radius 2 is 2.14 bits per heavy atom. The maximum Gasteiger partial charge on any atom is 0.234 e. The smallest absolute Gasteiger partial charge is 0.234 e. The molecule has 0 fully saturated rings. The molecule has 0 aliphatic heterocycles. The molecule has 110 valence electrons. The average molecular weight is 326 g/mol. The zero-order valence-electron chi connectivity index (χ0n) is 11.2. The van der Waals surface area contributed by atoms with Gasteiger partial charge in [-0.3, -0.25) is 4.79 Å². The van der Waals surface area contributed by atoms with Crippen LogP contribution in [0.2, 0.25) is 5.02 Å². The van der Waals surface area contributed by atoms with E-state index >= 15 is 0 Å². The molecule has 2 aromatic rings. The van der Waals surface area contributed by atoms with E-state index in [1.807, 2.05) is 24.3 Å². The van der Waals surface area contributed by atoms with Gasteiger partial charge in [-0.1, -0.05) is 17.7 Å². The Labute approximate surface area is 131 Å². The average Bonchev–Trinajstić information content (AvgIpc) is 2.48. The van der Waals surface area contributed by atoms with Crippen LogP contribution in [0.1, 0.15) is 0 Å². The SMILES string of the molecule is COc1cccc(SCC(=O)Nc2ccc(F)cc2Cl)c1. The summed E-state index contributed by atoms with van der Waals surface area (Å²) >= 11 is 7.23. The lowest BCUT2D eigenvalue weighted by atomic mass is 10.3. The molecule has 3 nitrogen and oxygen atoms in total. The Bertz CT molecular complexity index is 651. The number of benzene rings is 2. The summed E-state index contributed by atoms with van der Waals surface area (Å²) in [5, 5.41) is 2.82. The first-order chi connectivity index (χ1) is 10.1. The van der Waals surface area contributed by atoms with E-state index in [-0.39, 0.29) is 16.7 Å². The van der Waals surface area contributed by atoms with Crippen molar-refractivity contribution in [1.29, 1.82) is 0 Å². The van der Waals surface area contributed by atoms with Crippen LogP contribution in [0.15, 0.2) is 47.4 Å². The monoisotopic (exact) mass is 325 g/mol. The minimum atomic E-state index is -0.441. The number of ether oxygens (including phenoxy) is 1. The standard InChI is InChI=1S/C15H13ClFNO2S/c1-20-11-3-2-4-12(8-11)21-9-15(19)18-14-6-5-10(17)7-13(14)16/h2-8H,9H2,1H3,(H,18,19). The van der Waals surface area contributed by atoms with E-state index in [9.17, 15) is 9.18 Å². The number of carbonyl (C=O) groups is 1. The summed E-state index contributed by atoms with van der Waals surface area (Å²) in [6.07, 6.45) is 0. The molecule has 21 heavy (non-hydrogen) atoms. The minimum absolute atomic E-state index is 0.176. The maximum atomic E-state index is 12.9. The van der Waals surface area contributed by atoms with Crippen molar-refractivity contribution in [3.63, 3.8) is 0 Å². The number of carbonyl (C=O) groups excluding carboxylic acids is 1. The van der Waals surface area contributed by atoms with Crippen LogP contribution in [0.25, 0.3) is 0 Å². The van der Waals surface area contributed by atoms with Gasteiger partial charge in [-0.05, 0) is 36.4 Å². The van der Waals surface area contributed by atoms with Crippen molar-refractivity contribution in [1.82, 2.24) is 0 Å². The molecule has 0 atom stereocenters. The quantitative estimate of drug-likeness (QED) is 0.836. The summed E-state index contributed by atoms with van der Waals surface area (Å²) in [6, 6.07) is 11.3. The van der Waals surface area contributed by atoms with Crippen molar-refractivity contribution >= 4 is 35.0 Å². The lowest BCUT2D eigenvalue weighted by Gasteiger charge is -2.07. The molecule has 0 saturated heterocycles. The van der Waals surface area contributed by atoms with Gasteiger partial charge in [-0.25, -0.2) is 4.39 Å². The fraction of sp³-hybridized carbons (Fsp3) is 0.133. The van der Waals surface area contributed by atoms with E-state index in [0.717, 1.165) is 16.7 Å². The van der Waals surface area contributed by atoms with Crippen LogP contribution < -0.4 is 10.1 Å². The highest BCUT2D eigenvalue weighted by molar-refractivity contribution is 8.00. The normalized spacial score (nSPS) is 10.2. The molecule has 0 unspecified atom stereocenters. The first kappa shape index (κ1) is 15.7. The molecular formula is C15H13ClFNO2S.